The molecule has 7 heteroatoms. The minimum atomic E-state index is -4.39. The van der Waals surface area contributed by atoms with E-state index in [4.69, 9.17) is 39.4 Å². The molecule has 0 aromatic carbocycles. The molecule has 1 N–H and O–H groups in total. The van der Waals surface area contributed by atoms with Crippen LogP contribution in [-0.4, -0.2) is 17.8 Å². The lowest BCUT2D eigenvalue weighted by Gasteiger charge is -2.26. The van der Waals surface area contributed by atoms with Crippen molar-refractivity contribution in [3.8, 4) is 0 Å². The van der Waals surface area contributed by atoms with E-state index < -0.39 is 19.9 Å². The lowest BCUT2D eigenvalue weighted by atomic mass is 9.97. The van der Waals surface area contributed by atoms with E-state index in [1.165, 1.54) is 6.08 Å². The first-order valence-corrected chi connectivity index (χ1v) is 6.71. The summed E-state index contributed by atoms with van der Waals surface area (Å²) in [6, 6.07) is 0. The molecule has 0 aromatic heterocycles. The molecule has 0 saturated heterocycles. The number of hydrogen-bond donors (Lipinski definition) is 1. The minimum absolute atomic E-state index is 0.142. The van der Waals surface area contributed by atoms with Crippen LogP contribution in [0.15, 0.2) is 21.0 Å². The summed E-state index contributed by atoms with van der Waals surface area (Å²) in [5.74, 6) is 0. The molecule has 15 heavy (non-hydrogen) atoms. The lowest BCUT2D eigenvalue weighted by Crippen LogP contribution is -2.23. The summed E-state index contributed by atoms with van der Waals surface area (Å²) in [7, 11) is -4.39. The molecule has 3 nitrogen and oxygen atoms in total. The molecule has 1 atom stereocenters. The zero-order valence-electron chi connectivity index (χ0n) is 7.80. The van der Waals surface area contributed by atoms with Crippen LogP contribution in [0.25, 0.3) is 0 Å². The van der Waals surface area contributed by atoms with Gasteiger partial charge in [-0.3, -0.25) is 4.55 Å². The van der Waals surface area contributed by atoms with Crippen LogP contribution < -0.4 is 0 Å². The molecule has 1 aliphatic rings. The van der Waals surface area contributed by atoms with Crippen molar-refractivity contribution in [2.75, 3.05) is 0 Å². The van der Waals surface area contributed by atoms with E-state index in [0.29, 0.717) is 6.42 Å². The van der Waals surface area contributed by atoms with E-state index in [1.54, 1.807) is 6.92 Å². The van der Waals surface area contributed by atoms with Crippen molar-refractivity contribution in [1.29, 1.82) is 0 Å². The van der Waals surface area contributed by atoms with E-state index in [9.17, 15) is 8.42 Å². The van der Waals surface area contributed by atoms with Crippen molar-refractivity contribution in [3.05, 3.63) is 21.0 Å². The van der Waals surface area contributed by atoms with Crippen molar-refractivity contribution in [2.45, 2.75) is 24.6 Å². The van der Waals surface area contributed by atoms with Gasteiger partial charge in [-0.15, -0.1) is 11.6 Å². The Hall–Kier alpha value is 0.260. The van der Waals surface area contributed by atoms with Gasteiger partial charge in [0, 0.05) is 11.5 Å². The number of rotatable bonds is 2. The van der Waals surface area contributed by atoms with Gasteiger partial charge in [0.15, 0.2) is 0 Å². The number of allylic oxidation sites excluding steroid dienone is 3. The van der Waals surface area contributed by atoms with Gasteiger partial charge in [0.05, 0.1) is 9.91 Å². The molecular formula is C8H9Cl3O3S. The maximum absolute atomic E-state index is 11.0. The summed E-state index contributed by atoms with van der Waals surface area (Å²) >= 11 is 17.6. The Labute approximate surface area is 103 Å². The molecule has 1 aliphatic carbocycles. The van der Waals surface area contributed by atoms with Gasteiger partial charge in [-0.05, 0) is 12.5 Å². The molecule has 86 valence electrons. The fourth-order valence-corrected chi connectivity index (χ4v) is 3.14. The second kappa shape index (κ2) is 4.26. The van der Waals surface area contributed by atoms with Crippen LogP contribution in [-0.2, 0) is 10.1 Å². The van der Waals surface area contributed by atoms with Crippen LogP contribution in [0.3, 0.4) is 0 Å². The maximum atomic E-state index is 11.0. The Morgan fingerprint density at radius 2 is 2.07 bits per heavy atom. The number of hydrogen-bond acceptors (Lipinski definition) is 2. The first-order chi connectivity index (χ1) is 6.69. The molecule has 0 saturated carbocycles. The van der Waals surface area contributed by atoms with Crippen LogP contribution in [0, 0.1) is 0 Å². The summed E-state index contributed by atoms with van der Waals surface area (Å²) in [6.07, 6.45) is 1.97. The molecule has 1 rings (SSSR count). The van der Waals surface area contributed by atoms with Crippen LogP contribution >= 0.6 is 34.8 Å². The largest absolute Gasteiger partial charge is 0.295 e. The SMILES string of the molecule is CCC1(Cl)C=C(S(=O)(=O)O)C(Cl)=C(Cl)C1. The molecule has 0 radical (unpaired) electrons. The van der Waals surface area contributed by atoms with E-state index in [0.717, 1.165) is 0 Å². The number of halogens is 3. The average molecular weight is 292 g/mol. The Kier molecular flexibility index (Phi) is 3.78. The highest BCUT2D eigenvalue weighted by Crippen LogP contribution is 2.42. The fraction of sp³-hybridized carbons (Fsp3) is 0.500. The minimum Gasteiger partial charge on any atom is -0.282 e. The van der Waals surface area contributed by atoms with Crippen molar-refractivity contribution < 1.29 is 13.0 Å². The summed E-state index contributed by atoms with van der Waals surface area (Å²) in [5, 5.41) is -0.0208. The Bertz CT molecular complexity index is 438. The summed E-state index contributed by atoms with van der Waals surface area (Å²) in [6.45, 7) is 1.79. The molecule has 0 amide bonds. The van der Waals surface area contributed by atoms with Crippen LogP contribution in [0.1, 0.15) is 19.8 Å². The highest BCUT2D eigenvalue weighted by atomic mass is 35.5. The standard InChI is InChI=1S/C8H9Cl3O3S/c1-2-8(11)3-5(9)7(10)6(4-8)15(12,13)14/h4H,2-3H2,1H3,(H,12,13,14). The smallest absolute Gasteiger partial charge is 0.282 e. The normalized spacial score (nSPS) is 27.9. The maximum Gasteiger partial charge on any atom is 0.295 e. The Morgan fingerprint density at radius 1 is 1.53 bits per heavy atom. The van der Waals surface area contributed by atoms with Crippen molar-refractivity contribution >= 4 is 44.9 Å². The van der Waals surface area contributed by atoms with Gasteiger partial charge in [-0.2, -0.15) is 8.42 Å². The third kappa shape index (κ3) is 2.88. The van der Waals surface area contributed by atoms with Gasteiger partial charge in [0.1, 0.15) is 4.91 Å². The molecule has 1 unspecified atom stereocenters. The monoisotopic (exact) mass is 290 g/mol. The Morgan fingerprint density at radius 3 is 2.47 bits per heavy atom. The van der Waals surface area contributed by atoms with Crippen LogP contribution in [0.2, 0.25) is 0 Å². The quantitative estimate of drug-likeness (QED) is 0.628. The van der Waals surface area contributed by atoms with Gasteiger partial charge >= 0.3 is 0 Å². The first-order valence-electron chi connectivity index (χ1n) is 4.13. The predicted octanol–water partition coefficient (Wildman–Crippen LogP) is 3.24. The second-order valence-corrected chi connectivity index (χ2v) is 6.24. The van der Waals surface area contributed by atoms with Crippen LogP contribution in [0.4, 0.5) is 0 Å². The van der Waals surface area contributed by atoms with Gasteiger partial charge in [0.25, 0.3) is 10.1 Å². The highest BCUT2D eigenvalue weighted by molar-refractivity contribution is 7.90. The molecule has 0 aliphatic heterocycles. The van der Waals surface area contributed by atoms with Crippen molar-refractivity contribution in [1.82, 2.24) is 0 Å². The zero-order chi connectivity index (χ0) is 11.9. The molecule has 0 spiro atoms. The lowest BCUT2D eigenvalue weighted by molar-refractivity contribution is 0.490. The molecule has 0 bridgehead atoms. The van der Waals surface area contributed by atoms with E-state index in [2.05, 4.69) is 0 Å². The van der Waals surface area contributed by atoms with Gasteiger partial charge in [0.2, 0.25) is 0 Å². The van der Waals surface area contributed by atoms with Gasteiger partial charge < -0.3 is 0 Å². The van der Waals surface area contributed by atoms with Crippen molar-refractivity contribution in [2.24, 2.45) is 0 Å². The average Bonchev–Trinajstić information content (AvgIpc) is 2.10. The van der Waals surface area contributed by atoms with E-state index >= 15 is 0 Å². The summed E-state index contributed by atoms with van der Waals surface area (Å²) < 4.78 is 30.9. The fourth-order valence-electron chi connectivity index (χ4n) is 1.23. The molecule has 0 aromatic rings. The molecule has 0 fully saturated rings. The summed E-state index contributed by atoms with van der Waals surface area (Å²) in [5.41, 5.74) is 0. The third-order valence-electron chi connectivity index (χ3n) is 2.16. The molecule has 0 heterocycles. The highest BCUT2D eigenvalue weighted by Gasteiger charge is 2.34. The second-order valence-electron chi connectivity index (χ2n) is 3.27. The van der Waals surface area contributed by atoms with Crippen molar-refractivity contribution in [3.63, 3.8) is 0 Å². The van der Waals surface area contributed by atoms with Gasteiger partial charge in [-0.25, -0.2) is 0 Å². The van der Waals surface area contributed by atoms with Gasteiger partial charge in [-0.1, -0.05) is 30.1 Å². The number of alkyl halides is 1. The summed E-state index contributed by atoms with van der Waals surface area (Å²) in [4.78, 5) is -1.32. The Balaban J connectivity index is 3.34. The van der Waals surface area contributed by atoms with E-state index in [-0.39, 0.29) is 16.5 Å². The first kappa shape index (κ1) is 13.3. The van der Waals surface area contributed by atoms with E-state index in [1.807, 2.05) is 0 Å². The van der Waals surface area contributed by atoms with Crippen LogP contribution in [0.5, 0.6) is 0 Å². The molecular weight excluding hydrogens is 283 g/mol. The third-order valence-corrected chi connectivity index (χ3v) is 4.51. The zero-order valence-corrected chi connectivity index (χ0v) is 10.9. The predicted molar refractivity (Wildman–Crippen MR) is 61.9 cm³/mol. The topological polar surface area (TPSA) is 54.4 Å².